The number of hydrogen-bond donors (Lipinski definition) is 0. The van der Waals surface area contributed by atoms with Gasteiger partial charge >= 0.3 is 0 Å². The summed E-state index contributed by atoms with van der Waals surface area (Å²) < 4.78 is 5.38. The molecule has 0 radical (unpaired) electrons. The zero-order valence-electron chi connectivity index (χ0n) is 8.68. The van der Waals surface area contributed by atoms with Crippen molar-refractivity contribution in [3.8, 4) is 16.9 Å². The number of aromatic nitrogens is 1. The van der Waals surface area contributed by atoms with Crippen LogP contribution in [0.4, 0.5) is 0 Å². The van der Waals surface area contributed by atoms with Gasteiger partial charge in [-0.2, -0.15) is 0 Å². The molecule has 0 atom stereocenters. The predicted molar refractivity (Wildman–Crippen MR) is 60.8 cm³/mol. The van der Waals surface area contributed by atoms with E-state index in [9.17, 15) is 0 Å². The number of rotatable bonds is 3. The van der Waals surface area contributed by atoms with Crippen LogP contribution in [0.15, 0.2) is 48.8 Å². The largest absolute Gasteiger partial charge is 0.494 e. The molecule has 0 aliphatic carbocycles. The summed E-state index contributed by atoms with van der Waals surface area (Å²) in [5, 5.41) is 0. The molecule has 1 aromatic carbocycles. The molecule has 0 unspecified atom stereocenters. The maximum atomic E-state index is 5.38. The van der Waals surface area contributed by atoms with Crippen LogP contribution in [0.2, 0.25) is 0 Å². The molecule has 0 fully saturated rings. The highest BCUT2D eigenvalue weighted by atomic mass is 16.5. The summed E-state index contributed by atoms with van der Waals surface area (Å²) in [4.78, 5) is 4.09. The topological polar surface area (TPSA) is 22.1 Å². The Labute approximate surface area is 89.6 Å². The SMILES string of the molecule is CCOc1ccc(-c2cccnc2)cc1. The van der Waals surface area contributed by atoms with E-state index in [-0.39, 0.29) is 0 Å². The fourth-order valence-electron chi connectivity index (χ4n) is 1.44. The van der Waals surface area contributed by atoms with E-state index in [0.29, 0.717) is 6.61 Å². The first-order chi connectivity index (χ1) is 7.40. The van der Waals surface area contributed by atoms with E-state index in [1.807, 2.05) is 49.5 Å². The van der Waals surface area contributed by atoms with Gasteiger partial charge in [0.15, 0.2) is 0 Å². The summed E-state index contributed by atoms with van der Waals surface area (Å²) in [6.45, 7) is 2.68. The molecule has 1 aromatic heterocycles. The normalized spacial score (nSPS) is 9.93. The lowest BCUT2D eigenvalue weighted by atomic mass is 10.1. The van der Waals surface area contributed by atoms with Crippen molar-refractivity contribution in [3.63, 3.8) is 0 Å². The van der Waals surface area contributed by atoms with Gasteiger partial charge in [-0.05, 0) is 36.2 Å². The highest BCUT2D eigenvalue weighted by molar-refractivity contribution is 5.62. The van der Waals surface area contributed by atoms with Crippen LogP contribution in [0, 0.1) is 0 Å². The Morgan fingerprint density at radius 2 is 1.87 bits per heavy atom. The Hall–Kier alpha value is -1.83. The maximum Gasteiger partial charge on any atom is 0.119 e. The Balaban J connectivity index is 2.24. The van der Waals surface area contributed by atoms with Gasteiger partial charge in [-0.15, -0.1) is 0 Å². The van der Waals surface area contributed by atoms with Crippen LogP contribution in [0.5, 0.6) is 5.75 Å². The third-order valence-corrected chi connectivity index (χ3v) is 2.16. The van der Waals surface area contributed by atoms with Gasteiger partial charge in [0.25, 0.3) is 0 Å². The average Bonchev–Trinajstić information content (AvgIpc) is 2.32. The van der Waals surface area contributed by atoms with E-state index >= 15 is 0 Å². The molecule has 0 spiro atoms. The smallest absolute Gasteiger partial charge is 0.119 e. The summed E-state index contributed by atoms with van der Waals surface area (Å²) in [5.41, 5.74) is 2.28. The number of nitrogens with zero attached hydrogens (tertiary/aromatic N) is 1. The molecule has 2 rings (SSSR count). The third kappa shape index (κ3) is 2.34. The van der Waals surface area contributed by atoms with E-state index < -0.39 is 0 Å². The summed E-state index contributed by atoms with van der Waals surface area (Å²) in [7, 11) is 0. The van der Waals surface area contributed by atoms with Crippen molar-refractivity contribution >= 4 is 0 Å². The van der Waals surface area contributed by atoms with Crippen molar-refractivity contribution < 1.29 is 4.74 Å². The van der Waals surface area contributed by atoms with E-state index in [2.05, 4.69) is 4.98 Å². The number of benzene rings is 1. The van der Waals surface area contributed by atoms with Crippen molar-refractivity contribution in [1.82, 2.24) is 4.98 Å². The van der Waals surface area contributed by atoms with Crippen molar-refractivity contribution in [1.29, 1.82) is 0 Å². The molecule has 2 aromatic rings. The van der Waals surface area contributed by atoms with Gasteiger partial charge in [0.1, 0.15) is 5.75 Å². The Bertz CT molecular complexity index is 408. The van der Waals surface area contributed by atoms with E-state index in [4.69, 9.17) is 4.74 Å². The number of pyridine rings is 1. The predicted octanol–water partition coefficient (Wildman–Crippen LogP) is 3.15. The van der Waals surface area contributed by atoms with Crippen molar-refractivity contribution in [2.75, 3.05) is 6.61 Å². The molecule has 0 bridgehead atoms. The lowest BCUT2D eigenvalue weighted by Crippen LogP contribution is -1.90. The van der Waals surface area contributed by atoms with E-state index in [0.717, 1.165) is 16.9 Å². The minimum Gasteiger partial charge on any atom is -0.494 e. The van der Waals surface area contributed by atoms with Crippen molar-refractivity contribution in [2.24, 2.45) is 0 Å². The van der Waals surface area contributed by atoms with Crippen LogP contribution in [-0.4, -0.2) is 11.6 Å². The molecule has 76 valence electrons. The number of hydrogen-bond acceptors (Lipinski definition) is 2. The zero-order valence-corrected chi connectivity index (χ0v) is 8.68. The van der Waals surface area contributed by atoms with Crippen LogP contribution < -0.4 is 4.74 Å². The third-order valence-electron chi connectivity index (χ3n) is 2.16. The van der Waals surface area contributed by atoms with Gasteiger partial charge in [-0.3, -0.25) is 4.98 Å². The quantitative estimate of drug-likeness (QED) is 0.757. The van der Waals surface area contributed by atoms with Crippen LogP contribution in [0.1, 0.15) is 6.92 Å². The van der Waals surface area contributed by atoms with E-state index in [1.54, 1.807) is 6.20 Å². The van der Waals surface area contributed by atoms with E-state index in [1.165, 1.54) is 0 Å². The molecule has 0 aliphatic rings. The molecular weight excluding hydrogens is 186 g/mol. The van der Waals surface area contributed by atoms with Gasteiger partial charge < -0.3 is 4.74 Å². The van der Waals surface area contributed by atoms with Crippen LogP contribution in [-0.2, 0) is 0 Å². The molecule has 0 saturated carbocycles. The summed E-state index contributed by atoms with van der Waals surface area (Å²) >= 11 is 0. The Kier molecular flexibility index (Phi) is 2.98. The van der Waals surface area contributed by atoms with Crippen molar-refractivity contribution in [2.45, 2.75) is 6.92 Å². The standard InChI is InChI=1S/C13H13NO/c1-2-15-13-7-5-11(6-8-13)12-4-3-9-14-10-12/h3-10H,2H2,1H3. The van der Waals surface area contributed by atoms with Gasteiger partial charge in [0, 0.05) is 12.4 Å². The monoisotopic (exact) mass is 199 g/mol. The molecule has 15 heavy (non-hydrogen) atoms. The summed E-state index contributed by atoms with van der Waals surface area (Å²) in [5.74, 6) is 0.908. The van der Waals surface area contributed by atoms with Crippen LogP contribution in [0.25, 0.3) is 11.1 Å². The van der Waals surface area contributed by atoms with Crippen molar-refractivity contribution in [3.05, 3.63) is 48.8 Å². The highest BCUT2D eigenvalue weighted by Crippen LogP contribution is 2.21. The fourth-order valence-corrected chi connectivity index (χ4v) is 1.44. The first-order valence-corrected chi connectivity index (χ1v) is 5.03. The first kappa shape index (κ1) is 9.71. The number of ether oxygens (including phenoxy) is 1. The molecule has 2 heteroatoms. The molecule has 2 nitrogen and oxygen atoms in total. The minimum absolute atomic E-state index is 0.701. The summed E-state index contributed by atoms with van der Waals surface area (Å²) in [6, 6.07) is 12.0. The second-order valence-electron chi connectivity index (χ2n) is 3.20. The Morgan fingerprint density at radius 3 is 2.47 bits per heavy atom. The van der Waals surface area contributed by atoms with Crippen LogP contribution >= 0.6 is 0 Å². The molecule has 0 saturated heterocycles. The molecular formula is C13H13NO. The van der Waals surface area contributed by atoms with Gasteiger partial charge in [-0.1, -0.05) is 18.2 Å². The highest BCUT2D eigenvalue weighted by Gasteiger charge is 1.97. The summed E-state index contributed by atoms with van der Waals surface area (Å²) in [6.07, 6.45) is 3.63. The molecule has 0 N–H and O–H groups in total. The lowest BCUT2D eigenvalue weighted by molar-refractivity contribution is 0.340. The van der Waals surface area contributed by atoms with Gasteiger partial charge in [-0.25, -0.2) is 0 Å². The molecule has 0 amide bonds. The average molecular weight is 199 g/mol. The van der Waals surface area contributed by atoms with Gasteiger partial charge in [0.2, 0.25) is 0 Å². The second kappa shape index (κ2) is 4.60. The van der Waals surface area contributed by atoms with Gasteiger partial charge in [0.05, 0.1) is 6.61 Å². The lowest BCUT2D eigenvalue weighted by Gasteiger charge is -2.04. The Morgan fingerprint density at radius 1 is 1.07 bits per heavy atom. The molecule has 0 aliphatic heterocycles. The maximum absolute atomic E-state index is 5.38. The molecule has 1 heterocycles. The van der Waals surface area contributed by atoms with Crippen LogP contribution in [0.3, 0.4) is 0 Å². The second-order valence-corrected chi connectivity index (χ2v) is 3.20. The first-order valence-electron chi connectivity index (χ1n) is 5.03. The minimum atomic E-state index is 0.701. The fraction of sp³-hybridized carbons (Fsp3) is 0.154. The zero-order chi connectivity index (χ0) is 10.5.